The first-order valence-corrected chi connectivity index (χ1v) is 11.1. The van der Waals surface area contributed by atoms with E-state index in [2.05, 4.69) is 20.3 Å². The summed E-state index contributed by atoms with van der Waals surface area (Å²) in [6.07, 6.45) is -3.25. The summed E-state index contributed by atoms with van der Waals surface area (Å²) in [6.45, 7) is 2.21. The molecule has 1 aliphatic rings. The molecular weight excluding hydrogens is 474 g/mol. The molecule has 12 heteroatoms. The van der Waals surface area contributed by atoms with Crippen molar-refractivity contribution >= 4 is 39.1 Å². The summed E-state index contributed by atoms with van der Waals surface area (Å²) in [5.74, 6) is -1.63. The standard InChI is InChI=1S/C22H17F4N5O2S/c23-12-1-2-14(16(9-12)22(24,25)26)19-28-17-11-13(31-4-6-33-7-5-31)10-15(18(17)29-19)20(32)30-21-27-3-8-34-21/h1-3,8-11H,4-7H2,(H,28,29)(H,27,30,32). The summed E-state index contributed by atoms with van der Waals surface area (Å²) in [5, 5.41) is 4.78. The van der Waals surface area contributed by atoms with E-state index in [9.17, 15) is 22.4 Å². The highest BCUT2D eigenvalue weighted by Crippen LogP contribution is 2.38. The van der Waals surface area contributed by atoms with Gasteiger partial charge in [0.15, 0.2) is 5.13 Å². The van der Waals surface area contributed by atoms with Gasteiger partial charge in [-0.1, -0.05) is 0 Å². The molecule has 0 unspecified atom stereocenters. The lowest BCUT2D eigenvalue weighted by atomic mass is 10.1. The van der Waals surface area contributed by atoms with E-state index in [4.69, 9.17) is 4.74 Å². The van der Waals surface area contributed by atoms with Gasteiger partial charge in [-0.3, -0.25) is 10.1 Å². The lowest BCUT2D eigenvalue weighted by Gasteiger charge is -2.29. The minimum atomic E-state index is -4.79. The largest absolute Gasteiger partial charge is 0.417 e. The molecule has 0 saturated carbocycles. The first-order chi connectivity index (χ1) is 16.3. The maximum Gasteiger partial charge on any atom is 0.417 e. The smallest absolute Gasteiger partial charge is 0.378 e. The number of carbonyl (C=O) groups excluding carboxylic acids is 1. The number of nitrogens with zero attached hydrogens (tertiary/aromatic N) is 3. The highest BCUT2D eigenvalue weighted by molar-refractivity contribution is 7.13. The topological polar surface area (TPSA) is 83.1 Å². The molecule has 1 amide bonds. The maximum absolute atomic E-state index is 13.6. The Morgan fingerprint density at radius 2 is 1.97 bits per heavy atom. The maximum atomic E-state index is 13.6. The van der Waals surface area contributed by atoms with Gasteiger partial charge in [0.25, 0.3) is 5.91 Å². The lowest BCUT2D eigenvalue weighted by molar-refractivity contribution is -0.137. The van der Waals surface area contributed by atoms with Crippen LogP contribution < -0.4 is 10.2 Å². The molecule has 2 aromatic heterocycles. The molecule has 4 aromatic rings. The molecule has 176 valence electrons. The lowest BCUT2D eigenvalue weighted by Crippen LogP contribution is -2.36. The van der Waals surface area contributed by atoms with Gasteiger partial charge in [0, 0.05) is 35.9 Å². The Bertz CT molecular complexity index is 1350. The highest BCUT2D eigenvalue weighted by atomic mass is 32.1. The van der Waals surface area contributed by atoms with Crippen LogP contribution in [-0.4, -0.2) is 47.2 Å². The fourth-order valence-electron chi connectivity index (χ4n) is 3.81. The predicted molar refractivity (Wildman–Crippen MR) is 120 cm³/mol. The quantitative estimate of drug-likeness (QED) is 0.396. The van der Waals surface area contributed by atoms with Gasteiger partial charge in [-0.25, -0.2) is 14.4 Å². The van der Waals surface area contributed by atoms with Crippen LogP contribution in [0, 0.1) is 5.82 Å². The second-order valence-electron chi connectivity index (χ2n) is 7.55. The van der Waals surface area contributed by atoms with E-state index in [0.29, 0.717) is 48.7 Å². The Morgan fingerprint density at radius 3 is 2.68 bits per heavy atom. The zero-order valence-corrected chi connectivity index (χ0v) is 18.3. The van der Waals surface area contributed by atoms with Gasteiger partial charge in [-0.05, 0) is 30.3 Å². The van der Waals surface area contributed by atoms with Crippen LogP contribution in [0.4, 0.5) is 28.4 Å². The third kappa shape index (κ3) is 4.33. The van der Waals surface area contributed by atoms with Crippen LogP contribution in [0.1, 0.15) is 15.9 Å². The first kappa shape index (κ1) is 22.3. The van der Waals surface area contributed by atoms with Crippen LogP contribution in [0.2, 0.25) is 0 Å². The molecule has 2 aromatic carbocycles. The van der Waals surface area contributed by atoms with Crippen LogP contribution in [0.15, 0.2) is 41.9 Å². The van der Waals surface area contributed by atoms with Crippen LogP contribution in [0.3, 0.4) is 0 Å². The zero-order chi connectivity index (χ0) is 23.9. The van der Waals surface area contributed by atoms with E-state index in [1.807, 2.05) is 4.90 Å². The summed E-state index contributed by atoms with van der Waals surface area (Å²) >= 11 is 1.23. The Kier molecular flexibility index (Phi) is 5.70. The SMILES string of the molecule is O=C(Nc1nccs1)c1cc(N2CCOCC2)cc2[nH]c(-c3ccc(F)cc3C(F)(F)F)nc12. The number of morpholine rings is 1. The van der Waals surface area contributed by atoms with Gasteiger partial charge in [-0.2, -0.15) is 13.2 Å². The van der Waals surface area contributed by atoms with Crippen molar-refractivity contribution in [1.29, 1.82) is 0 Å². The molecule has 1 aliphatic heterocycles. The third-order valence-corrected chi connectivity index (χ3v) is 6.08. The zero-order valence-electron chi connectivity index (χ0n) is 17.4. The molecule has 1 saturated heterocycles. The summed E-state index contributed by atoms with van der Waals surface area (Å²) in [6, 6.07) is 5.77. The molecule has 0 radical (unpaired) electrons. The van der Waals surface area contributed by atoms with Gasteiger partial charge in [-0.15, -0.1) is 11.3 Å². The van der Waals surface area contributed by atoms with E-state index in [1.54, 1.807) is 23.7 Å². The van der Waals surface area contributed by atoms with Crippen LogP contribution in [0.25, 0.3) is 22.4 Å². The van der Waals surface area contributed by atoms with Gasteiger partial charge >= 0.3 is 6.18 Å². The summed E-state index contributed by atoms with van der Waals surface area (Å²) < 4.78 is 59.8. The van der Waals surface area contributed by atoms with Crippen molar-refractivity contribution in [2.45, 2.75) is 6.18 Å². The molecule has 1 fully saturated rings. The number of hydrogen-bond acceptors (Lipinski definition) is 6. The molecule has 34 heavy (non-hydrogen) atoms. The number of aromatic nitrogens is 3. The fraction of sp³-hybridized carbons (Fsp3) is 0.227. The van der Waals surface area contributed by atoms with E-state index >= 15 is 0 Å². The molecule has 7 nitrogen and oxygen atoms in total. The molecule has 3 heterocycles. The summed E-state index contributed by atoms with van der Waals surface area (Å²) in [5.41, 5.74) is -0.0323. The van der Waals surface area contributed by atoms with Crippen molar-refractivity contribution in [3.8, 4) is 11.4 Å². The second kappa shape index (κ2) is 8.69. The van der Waals surface area contributed by atoms with Crippen molar-refractivity contribution < 1.29 is 27.1 Å². The molecule has 0 aliphatic carbocycles. The number of alkyl halides is 3. The number of nitrogens with one attached hydrogen (secondary N) is 2. The minimum Gasteiger partial charge on any atom is -0.378 e. The number of amides is 1. The molecule has 0 bridgehead atoms. The van der Waals surface area contributed by atoms with Crippen molar-refractivity contribution in [2.75, 3.05) is 36.5 Å². The first-order valence-electron chi connectivity index (χ1n) is 10.2. The second-order valence-corrected chi connectivity index (χ2v) is 8.45. The van der Waals surface area contributed by atoms with Crippen LogP contribution >= 0.6 is 11.3 Å². The number of H-pyrrole nitrogens is 1. The number of thiazole rings is 1. The number of aromatic amines is 1. The van der Waals surface area contributed by atoms with Gasteiger partial charge < -0.3 is 14.6 Å². The summed E-state index contributed by atoms with van der Waals surface area (Å²) in [7, 11) is 0. The van der Waals surface area contributed by atoms with Crippen molar-refractivity contribution in [1.82, 2.24) is 15.0 Å². The number of halogens is 4. The van der Waals surface area contributed by atoms with Crippen molar-refractivity contribution in [3.63, 3.8) is 0 Å². The Labute approximate surface area is 194 Å². The van der Waals surface area contributed by atoms with E-state index in [-0.39, 0.29) is 22.5 Å². The van der Waals surface area contributed by atoms with E-state index < -0.39 is 23.5 Å². The normalized spacial score (nSPS) is 14.5. The summed E-state index contributed by atoms with van der Waals surface area (Å²) in [4.78, 5) is 26.4. The average Bonchev–Trinajstić information content (AvgIpc) is 3.48. The van der Waals surface area contributed by atoms with Gasteiger partial charge in [0.05, 0.1) is 29.9 Å². The van der Waals surface area contributed by atoms with Crippen LogP contribution in [0.5, 0.6) is 0 Å². The number of benzene rings is 2. The van der Waals surface area contributed by atoms with E-state index in [1.165, 1.54) is 11.3 Å². The number of hydrogen-bond donors (Lipinski definition) is 2. The number of rotatable bonds is 4. The van der Waals surface area contributed by atoms with Gasteiger partial charge in [0.2, 0.25) is 0 Å². The molecule has 0 spiro atoms. The molecule has 0 atom stereocenters. The molecule has 2 N–H and O–H groups in total. The number of carbonyl (C=O) groups is 1. The Balaban J connectivity index is 1.65. The van der Waals surface area contributed by atoms with Crippen molar-refractivity contribution in [3.05, 3.63) is 58.9 Å². The average molecular weight is 491 g/mol. The third-order valence-electron chi connectivity index (χ3n) is 5.39. The Morgan fingerprint density at radius 1 is 1.18 bits per heavy atom. The van der Waals surface area contributed by atoms with Crippen LogP contribution in [-0.2, 0) is 10.9 Å². The monoisotopic (exact) mass is 491 g/mol. The Hall–Kier alpha value is -3.51. The van der Waals surface area contributed by atoms with Crippen molar-refractivity contribution in [2.24, 2.45) is 0 Å². The molecular formula is C22H17F4N5O2S. The number of imidazole rings is 1. The predicted octanol–water partition coefficient (Wildman–Crippen LogP) is 4.93. The van der Waals surface area contributed by atoms with Gasteiger partial charge in [0.1, 0.15) is 17.2 Å². The number of ether oxygens (including phenoxy) is 1. The molecule has 5 rings (SSSR count). The van der Waals surface area contributed by atoms with E-state index in [0.717, 1.165) is 12.1 Å². The fourth-order valence-corrected chi connectivity index (χ4v) is 4.34. The minimum absolute atomic E-state index is 0.121. The highest BCUT2D eigenvalue weighted by Gasteiger charge is 2.35. The number of fused-ring (bicyclic) bond motifs is 1. The number of anilines is 2.